The fourth-order valence-corrected chi connectivity index (χ4v) is 2.48. The van der Waals surface area contributed by atoms with E-state index in [0.717, 1.165) is 17.9 Å². The second kappa shape index (κ2) is 7.25. The summed E-state index contributed by atoms with van der Waals surface area (Å²) >= 11 is 0. The van der Waals surface area contributed by atoms with Gasteiger partial charge in [-0.1, -0.05) is 18.2 Å². The average molecular weight is 293 g/mol. The molecular formula is C13H19N5OS. The van der Waals surface area contributed by atoms with E-state index in [-0.39, 0.29) is 6.04 Å². The summed E-state index contributed by atoms with van der Waals surface area (Å²) in [5.74, 6) is 1.47. The lowest BCUT2D eigenvalue weighted by Crippen LogP contribution is -2.28. The van der Waals surface area contributed by atoms with Gasteiger partial charge in [-0.25, -0.2) is 0 Å². The lowest BCUT2D eigenvalue weighted by molar-refractivity contribution is 0.518. The Morgan fingerprint density at radius 3 is 2.80 bits per heavy atom. The van der Waals surface area contributed by atoms with Crippen LogP contribution in [0.3, 0.4) is 0 Å². The van der Waals surface area contributed by atoms with Crippen LogP contribution in [-0.4, -0.2) is 42.5 Å². The van der Waals surface area contributed by atoms with Crippen molar-refractivity contribution in [3.8, 4) is 5.69 Å². The Kier molecular flexibility index (Phi) is 5.37. The number of nitrogens with zero attached hydrogens (tertiary/aromatic N) is 4. The Balaban J connectivity index is 1.94. The standard InChI is InChI=1S/C13H19N5OS/c1-11(8-9-20(2)19)14-10-13-15-16-17-18(13)12-6-4-3-5-7-12/h3-7,11,14H,8-10H2,1-2H3. The van der Waals surface area contributed by atoms with Crippen molar-refractivity contribution in [1.82, 2.24) is 25.5 Å². The molecule has 0 saturated heterocycles. The largest absolute Gasteiger partial charge is 0.307 e. The molecule has 2 aromatic rings. The van der Waals surface area contributed by atoms with E-state index < -0.39 is 10.8 Å². The smallest absolute Gasteiger partial charge is 0.170 e. The second-order valence-corrected chi connectivity index (χ2v) is 6.25. The highest BCUT2D eigenvalue weighted by atomic mass is 32.2. The Morgan fingerprint density at radius 1 is 1.35 bits per heavy atom. The van der Waals surface area contributed by atoms with E-state index in [9.17, 15) is 4.21 Å². The van der Waals surface area contributed by atoms with E-state index in [1.165, 1.54) is 0 Å². The van der Waals surface area contributed by atoms with Crippen LogP contribution in [0.4, 0.5) is 0 Å². The molecule has 6 nitrogen and oxygen atoms in total. The van der Waals surface area contributed by atoms with Gasteiger partial charge in [0.25, 0.3) is 0 Å². The molecule has 20 heavy (non-hydrogen) atoms. The molecule has 0 saturated carbocycles. The Bertz CT molecular complexity index is 557. The summed E-state index contributed by atoms with van der Waals surface area (Å²) in [5.41, 5.74) is 0.941. The van der Waals surface area contributed by atoms with Crippen LogP contribution in [0.2, 0.25) is 0 Å². The molecule has 0 amide bonds. The molecule has 0 radical (unpaired) electrons. The molecule has 1 aromatic heterocycles. The SMILES string of the molecule is CC(CCS(C)=O)NCc1nnnn1-c1ccccc1. The highest BCUT2D eigenvalue weighted by Crippen LogP contribution is 2.07. The minimum absolute atomic E-state index is 0.278. The van der Waals surface area contributed by atoms with Crippen molar-refractivity contribution >= 4 is 10.8 Å². The summed E-state index contributed by atoms with van der Waals surface area (Å²) < 4.78 is 12.8. The van der Waals surface area contributed by atoms with E-state index in [2.05, 4.69) is 27.8 Å². The molecule has 0 aliphatic rings. The van der Waals surface area contributed by atoms with Gasteiger partial charge in [-0.2, -0.15) is 4.68 Å². The van der Waals surface area contributed by atoms with Crippen molar-refractivity contribution in [2.45, 2.75) is 25.9 Å². The van der Waals surface area contributed by atoms with Crippen LogP contribution < -0.4 is 5.32 Å². The molecule has 0 fully saturated rings. The van der Waals surface area contributed by atoms with Crippen LogP contribution >= 0.6 is 0 Å². The zero-order valence-corrected chi connectivity index (χ0v) is 12.5. The molecule has 0 bridgehead atoms. The van der Waals surface area contributed by atoms with Gasteiger partial charge in [-0.3, -0.25) is 4.21 Å². The quantitative estimate of drug-likeness (QED) is 0.821. The van der Waals surface area contributed by atoms with Gasteiger partial charge < -0.3 is 5.32 Å². The van der Waals surface area contributed by atoms with Crippen molar-refractivity contribution < 1.29 is 4.21 Å². The van der Waals surface area contributed by atoms with Crippen molar-refractivity contribution in [3.05, 3.63) is 36.2 Å². The predicted octanol–water partition coefficient (Wildman–Crippen LogP) is 0.909. The third kappa shape index (κ3) is 4.21. The third-order valence-corrected chi connectivity index (χ3v) is 3.79. The van der Waals surface area contributed by atoms with E-state index in [1.54, 1.807) is 10.9 Å². The van der Waals surface area contributed by atoms with E-state index in [0.29, 0.717) is 12.3 Å². The number of hydrogen-bond acceptors (Lipinski definition) is 5. The van der Waals surface area contributed by atoms with Gasteiger partial charge in [0, 0.05) is 28.9 Å². The molecule has 2 unspecified atom stereocenters. The van der Waals surface area contributed by atoms with Crippen molar-refractivity contribution in [2.24, 2.45) is 0 Å². The molecular weight excluding hydrogens is 274 g/mol. The predicted molar refractivity (Wildman–Crippen MR) is 79.0 cm³/mol. The minimum atomic E-state index is -0.746. The molecule has 0 aliphatic heterocycles. The first-order valence-corrected chi connectivity index (χ1v) is 8.25. The molecule has 1 aromatic carbocycles. The molecule has 108 valence electrons. The monoisotopic (exact) mass is 293 g/mol. The molecule has 2 rings (SSSR count). The van der Waals surface area contributed by atoms with Crippen LogP contribution in [-0.2, 0) is 17.3 Å². The average Bonchev–Trinajstić information content (AvgIpc) is 2.92. The van der Waals surface area contributed by atoms with Gasteiger partial charge in [0.1, 0.15) is 0 Å². The van der Waals surface area contributed by atoms with Crippen LogP contribution in [0.25, 0.3) is 5.69 Å². The highest BCUT2D eigenvalue weighted by molar-refractivity contribution is 7.84. The zero-order chi connectivity index (χ0) is 14.4. The summed E-state index contributed by atoms with van der Waals surface area (Å²) in [5, 5.41) is 15.1. The first-order chi connectivity index (χ1) is 9.66. The maximum Gasteiger partial charge on any atom is 0.170 e. The van der Waals surface area contributed by atoms with Gasteiger partial charge in [-0.15, -0.1) is 5.10 Å². The van der Waals surface area contributed by atoms with Gasteiger partial charge in [0.2, 0.25) is 0 Å². The topological polar surface area (TPSA) is 72.7 Å². The van der Waals surface area contributed by atoms with Crippen molar-refractivity contribution in [3.63, 3.8) is 0 Å². The number of tetrazole rings is 1. The first kappa shape index (κ1) is 14.8. The van der Waals surface area contributed by atoms with Gasteiger partial charge >= 0.3 is 0 Å². The Morgan fingerprint density at radius 2 is 2.10 bits per heavy atom. The Labute approximate surface area is 121 Å². The maximum absolute atomic E-state index is 11.1. The Hall–Kier alpha value is -1.60. The summed E-state index contributed by atoms with van der Waals surface area (Å²) in [6.07, 6.45) is 2.60. The number of benzene rings is 1. The van der Waals surface area contributed by atoms with Crippen LogP contribution in [0.5, 0.6) is 0 Å². The van der Waals surface area contributed by atoms with Crippen LogP contribution in [0.1, 0.15) is 19.2 Å². The normalized spacial score (nSPS) is 14.1. The number of aromatic nitrogens is 4. The molecule has 0 aliphatic carbocycles. The molecule has 7 heteroatoms. The highest BCUT2D eigenvalue weighted by Gasteiger charge is 2.09. The van der Waals surface area contributed by atoms with Crippen molar-refractivity contribution in [1.29, 1.82) is 0 Å². The summed E-state index contributed by atoms with van der Waals surface area (Å²) in [6.45, 7) is 2.66. The van der Waals surface area contributed by atoms with Gasteiger partial charge in [0.15, 0.2) is 5.82 Å². The third-order valence-electron chi connectivity index (χ3n) is 2.98. The summed E-state index contributed by atoms with van der Waals surface area (Å²) in [6, 6.07) is 10.1. The second-order valence-electron chi connectivity index (χ2n) is 4.69. The number of para-hydroxylation sites is 1. The summed E-state index contributed by atoms with van der Waals surface area (Å²) in [7, 11) is -0.746. The molecule has 1 N–H and O–H groups in total. The lowest BCUT2D eigenvalue weighted by Gasteiger charge is -2.12. The molecule has 1 heterocycles. The number of nitrogens with one attached hydrogen (secondary N) is 1. The lowest BCUT2D eigenvalue weighted by atomic mass is 10.2. The van der Waals surface area contributed by atoms with Crippen LogP contribution in [0.15, 0.2) is 30.3 Å². The van der Waals surface area contributed by atoms with Crippen molar-refractivity contribution in [2.75, 3.05) is 12.0 Å². The summed E-state index contributed by atoms with van der Waals surface area (Å²) in [4.78, 5) is 0. The fourth-order valence-electron chi connectivity index (χ4n) is 1.80. The molecule has 2 atom stereocenters. The van der Waals surface area contributed by atoms with E-state index in [1.807, 2.05) is 30.3 Å². The van der Waals surface area contributed by atoms with Crippen LogP contribution in [0, 0.1) is 0 Å². The fraction of sp³-hybridized carbons (Fsp3) is 0.462. The van der Waals surface area contributed by atoms with E-state index in [4.69, 9.17) is 0 Å². The maximum atomic E-state index is 11.1. The van der Waals surface area contributed by atoms with E-state index >= 15 is 0 Å². The number of rotatable bonds is 7. The first-order valence-electron chi connectivity index (χ1n) is 6.53. The number of hydrogen-bond donors (Lipinski definition) is 1. The minimum Gasteiger partial charge on any atom is -0.307 e. The van der Waals surface area contributed by atoms with Gasteiger partial charge in [-0.05, 0) is 35.9 Å². The van der Waals surface area contributed by atoms with Gasteiger partial charge in [0.05, 0.1) is 12.2 Å². The zero-order valence-electron chi connectivity index (χ0n) is 11.7. The molecule has 0 spiro atoms.